The Morgan fingerprint density at radius 2 is 1.92 bits per heavy atom. The van der Waals surface area contributed by atoms with Gasteiger partial charge in [-0.1, -0.05) is 17.7 Å². The molecular formula is C18H20N2O3S. The number of rotatable bonds is 7. The molecule has 0 radical (unpaired) electrons. The van der Waals surface area contributed by atoms with Crippen molar-refractivity contribution in [2.75, 3.05) is 20.0 Å². The molecule has 0 heterocycles. The van der Waals surface area contributed by atoms with Crippen LogP contribution in [0.15, 0.2) is 52.5 Å². The number of methoxy groups -OCH3 is 2. The highest BCUT2D eigenvalue weighted by Crippen LogP contribution is 2.23. The van der Waals surface area contributed by atoms with Gasteiger partial charge in [0, 0.05) is 16.5 Å². The number of hydrogen-bond donors (Lipinski definition) is 1. The van der Waals surface area contributed by atoms with E-state index in [4.69, 9.17) is 9.47 Å². The smallest absolute Gasteiger partial charge is 0.250 e. The highest BCUT2D eigenvalue weighted by Gasteiger charge is 2.04. The molecule has 24 heavy (non-hydrogen) atoms. The molecule has 1 amide bonds. The lowest BCUT2D eigenvalue weighted by atomic mass is 10.2. The highest BCUT2D eigenvalue weighted by atomic mass is 32.2. The van der Waals surface area contributed by atoms with Crippen LogP contribution in [-0.4, -0.2) is 32.1 Å². The third kappa shape index (κ3) is 5.31. The molecular weight excluding hydrogens is 324 g/mol. The maximum Gasteiger partial charge on any atom is 0.250 e. The number of carbonyl (C=O) groups is 1. The van der Waals surface area contributed by atoms with E-state index in [1.807, 2.05) is 37.3 Å². The molecule has 2 rings (SSSR count). The first-order valence-electron chi connectivity index (χ1n) is 7.36. The Labute approximate surface area is 146 Å². The van der Waals surface area contributed by atoms with Gasteiger partial charge >= 0.3 is 0 Å². The predicted molar refractivity (Wildman–Crippen MR) is 97.2 cm³/mol. The van der Waals surface area contributed by atoms with Crippen LogP contribution in [0.3, 0.4) is 0 Å². The van der Waals surface area contributed by atoms with E-state index in [0.717, 1.165) is 10.5 Å². The van der Waals surface area contributed by atoms with E-state index in [0.29, 0.717) is 17.3 Å². The van der Waals surface area contributed by atoms with E-state index in [-0.39, 0.29) is 5.91 Å². The first kappa shape index (κ1) is 17.9. The van der Waals surface area contributed by atoms with Gasteiger partial charge in [-0.2, -0.15) is 5.10 Å². The molecule has 0 bridgehead atoms. The molecule has 2 aromatic carbocycles. The first-order valence-corrected chi connectivity index (χ1v) is 8.34. The molecule has 1 N–H and O–H groups in total. The Bertz CT molecular complexity index is 715. The molecule has 0 saturated heterocycles. The Kier molecular flexibility index (Phi) is 6.69. The lowest BCUT2D eigenvalue weighted by Gasteiger charge is -2.07. The minimum absolute atomic E-state index is 0.163. The molecule has 0 fully saturated rings. The molecule has 2 aromatic rings. The van der Waals surface area contributed by atoms with Gasteiger partial charge < -0.3 is 9.47 Å². The van der Waals surface area contributed by atoms with Crippen molar-refractivity contribution < 1.29 is 14.3 Å². The summed E-state index contributed by atoms with van der Waals surface area (Å²) in [6.45, 7) is 2.03. The second-order valence-corrected chi connectivity index (χ2v) is 6.05. The zero-order chi connectivity index (χ0) is 17.4. The number of carbonyl (C=O) groups excluding carboxylic acids is 1. The van der Waals surface area contributed by atoms with Crippen LogP contribution in [0.4, 0.5) is 0 Å². The fourth-order valence-corrected chi connectivity index (χ4v) is 2.61. The van der Waals surface area contributed by atoms with Crippen LogP contribution < -0.4 is 14.9 Å². The number of hydrazone groups is 1. The van der Waals surface area contributed by atoms with Crippen LogP contribution in [0.5, 0.6) is 11.5 Å². The number of nitrogens with one attached hydrogen (secondary N) is 1. The maximum absolute atomic E-state index is 11.8. The monoisotopic (exact) mass is 344 g/mol. The topological polar surface area (TPSA) is 59.9 Å². The quantitative estimate of drug-likeness (QED) is 0.476. The lowest BCUT2D eigenvalue weighted by molar-refractivity contribution is -0.118. The third-order valence-corrected chi connectivity index (χ3v) is 4.24. The number of nitrogens with zero attached hydrogens (tertiary/aromatic N) is 1. The van der Waals surface area contributed by atoms with Crippen molar-refractivity contribution in [3.63, 3.8) is 0 Å². The average molecular weight is 344 g/mol. The number of aryl methyl sites for hydroxylation is 1. The van der Waals surface area contributed by atoms with Crippen molar-refractivity contribution in [1.29, 1.82) is 0 Å². The first-order chi connectivity index (χ1) is 11.6. The fourth-order valence-electron chi connectivity index (χ4n) is 1.91. The number of hydrogen-bond acceptors (Lipinski definition) is 5. The Hall–Kier alpha value is -2.47. The number of benzene rings is 2. The van der Waals surface area contributed by atoms with E-state index in [1.165, 1.54) is 17.3 Å². The summed E-state index contributed by atoms with van der Waals surface area (Å²) in [5.41, 5.74) is 4.47. The zero-order valence-electron chi connectivity index (χ0n) is 13.9. The van der Waals surface area contributed by atoms with Crippen LogP contribution in [-0.2, 0) is 4.79 Å². The van der Waals surface area contributed by atoms with Gasteiger partial charge in [-0.05, 0) is 31.2 Å². The summed E-state index contributed by atoms with van der Waals surface area (Å²) < 4.78 is 10.4. The van der Waals surface area contributed by atoms with Crippen LogP contribution in [0.25, 0.3) is 0 Å². The van der Waals surface area contributed by atoms with Gasteiger partial charge in [0.1, 0.15) is 11.5 Å². The predicted octanol–water partition coefficient (Wildman–Crippen LogP) is 3.25. The zero-order valence-corrected chi connectivity index (χ0v) is 14.7. The van der Waals surface area contributed by atoms with Crippen molar-refractivity contribution >= 4 is 23.9 Å². The van der Waals surface area contributed by atoms with E-state index in [1.54, 1.807) is 32.6 Å². The molecule has 0 atom stereocenters. The fraction of sp³-hybridized carbons (Fsp3) is 0.222. The maximum atomic E-state index is 11.8. The van der Waals surface area contributed by atoms with Crippen LogP contribution in [0.1, 0.15) is 11.1 Å². The largest absolute Gasteiger partial charge is 0.497 e. The summed E-state index contributed by atoms with van der Waals surface area (Å²) in [5, 5.41) is 3.97. The van der Waals surface area contributed by atoms with Crippen molar-refractivity contribution in [2.24, 2.45) is 5.10 Å². The van der Waals surface area contributed by atoms with E-state index >= 15 is 0 Å². The summed E-state index contributed by atoms with van der Waals surface area (Å²) in [6.07, 6.45) is 1.55. The van der Waals surface area contributed by atoms with E-state index in [2.05, 4.69) is 10.5 Å². The minimum atomic E-state index is -0.163. The summed E-state index contributed by atoms with van der Waals surface area (Å²) in [6, 6.07) is 13.4. The van der Waals surface area contributed by atoms with Gasteiger partial charge in [-0.3, -0.25) is 4.79 Å². The number of thioether (sulfide) groups is 1. The Balaban J connectivity index is 1.86. The third-order valence-electron chi connectivity index (χ3n) is 3.22. The van der Waals surface area contributed by atoms with Gasteiger partial charge in [0.2, 0.25) is 5.91 Å². The van der Waals surface area contributed by atoms with E-state index < -0.39 is 0 Å². The number of ether oxygens (including phenoxy) is 2. The Morgan fingerprint density at radius 3 is 2.58 bits per heavy atom. The molecule has 5 nitrogen and oxygen atoms in total. The lowest BCUT2D eigenvalue weighted by Crippen LogP contribution is -2.19. The van der Waals surface area contributed by atoms with Crippen LogP contribution in [0.2, 0.25) is 0 Å². The van der Waals surface area contributed by atoms with Gasteiger partial charge in [-0.15, -0.1) is 11.8 Å². The van der Waals surface area contributed by atoms with Gasteiger partial charge in [0.25, 0.3) is 0 Å². The molecule has 126 valence electrons. The molecule has 0 aliphatic heterocycles. The molecule has 0 unspecified atom stereocenters. The molecule has 6 heteroatoms. The second kappa shape index (κ2) is 8.98. The summed E-state index contributed by atoms with van der Waals surface area (Å²) in [5.74, 6) is 1.47. The SMILES string of the molecule is COc1ccc(/C=N\NC(=O)CSc2ccc(C)cc2)c(OC)c1. The number of amides is 1. The summed E-state index contributed by atoms with van der Waals surface area (Å²) >= 11 is 1.47. The Morgan fingerprint density at radius 1 is 1.17 bits per heavy atom. The second-order valence-electron chi connectivity index (χ2n) is 5.00. The van der Waals surface area contributed by atoms with Crippen molar-refractivity contribution in [3.8, 4) is 11.5 Å². The summed E-state index contributed by atoms with van der Waals surface area (Å²) in [7, 11) is 3.16. The molecule has 0 aliphatic rings. The normalized spacial score (nSPS) is 10.6. The van der Waals surface area contributed by atoms with Crippen LogP contribution >= 0.6 is 11.8 Å². The van der Waals surface area contributed by atoms with Crippen LogP contribution in [0, 0.1) is 6.92 Å². The standard InChI is InChI=1S/C18H20N2O3S/c1-13-4-8-16(9-5-13)24-12-18(21)20-19-11-14-6-7-15(22-2)10-17(14)23-3/h4-11H,12H2,1-3H3,(H,20,21)/b19-11-. The molecule has 0 aromatic heterocycles. The minimum Gasteiger partial charge on any atom is -0.497 e. The molecule has 0 saturated carbocycles. The highest BCUT2D eigenvalue weighted by molar-refractivity contribution is 8.00. The molecule has 0 aliphatic carbocycles. The van der Waals surface area contributed by atoms with Crippen molar-refractivity contribution in [1.82, 2.24) is 5.43 Å². The summed E-state index contributed by atoms with van der Waals surface area (Å²) in [4.78, 5) is 12.9. The van der Waals surface area contributed by atoms with Gasteiger partial charge in [0.15, 0.2) is 0 Å². The van der Waals surface area contributed by atoms with Gasteiger partial charge in [-0.25, -0.2) is 5.43 Å². The van der Waals surface area contributed by atoms with Gasteiger partial charge in [0.05, 0.1) is 26.2 Å². The van der Waals surface area contributed by atoms with Crippen molar-refractivity contribution in [3.05, 3.63) is 53.6 Å². The average Bonchev–Trinajstić information content (AvgIpc) is 2.61. The molecule has 0 spiro atoms. The van der Waals surface area contributed by atoms with Crippen molar-refractivity contribution in [2.45, 2.75) is 11.8 Å². The van der Waals surface area contributed by atoms with E-state index in [9.17, 15) is 4.79 Å².